The van der Waals surface area contributed by atoms with Crippen LogP contribution in [0.25, 0.3) is 0 Å². The molecule has 2 atom stereocenters. The Morgan fingerprint density at radius 3 is 2.18 bits per heavy atom. The van der Waals surface area contributed by atoms with Gasteiger partial charge in [0.2, 0.25) is 0 Å². The number of halogens is 1. The highest BCUT2D eigenvalue weighted by atomic mass is 127. The van der Waals surface area contributed by atoms with Crippen molar-refractivity contribution in [1.29, 1.82) is 0 Å². The van der Waals surface area contributed by atoms with E-state index in [0.29, 0.717) is 5.04 Å². The van der Waals surface area contributed by atoms with Crippen LogP contribution in [-0.2, 0) is 4.43 Å². The quantitative estimate of drug-likeness (QED) is 0.294. The number of allylic oxidation sites excluding steroid dienone is 2. The lowest BCUT2D eigenvalue weighted by Gasteiger charge is -2.38. The van der Waals surface area contributed by atoms with Crippen molar-refractivity contribution < 1.29 is 4.43 Å². The Balaban J connectivity index is 2.52. The highest BCUT2D eigenvalue weighted by Crippen LogP contribution is 2.38. The molecule has 0 N–H and O–H groups in total. The van der Waals surface area contributed by atoms with Crippen LogP contribution in [0, 0.1) is 11.8 Å². The molecule has 0 spiro atoms. The van der Waals surface area contributed by atoms with Crippen molar-refractivity contribution in [2.24, 2.45) is 11.8 Å². The predicted molar refractivity (Wildman–Crippen MR) is 87.4 cm³/mol. The molecule has 1 aliphatic carbocycles. The minimum Gasteiger partial charge on any atom is -0.417 e. The molecule has 17 heavy (non-hydrogen) atoms. The molecule has 0 aromatic carbocycles. The van der Waals surface area contributed by atoms with Crippen LogP contribution in [0.5, 0.6) is 0 Å². The van der Waals surface area contributed by atoms with Crippen molar-refractivity contribution in [3.05, 3.63) is 12.2 Å². The molecule has 100 valence electrons. The topological polar surface area (TPSA) is 9.23 Å². The third-order valence-electron chi connectivity index (χ3n) is 4.37. The van der Waals surface area contributed by atoms with Crippen LogP contribution in [-0.4, -0.2) is 19.4 Å². The fourth-order valence-corrected chi connectivity index (χ4v) is 3.99. The van der Waals surface area contributed by atoms with Gasteiger partial charge in [0.15, 0.2) is 8.32 Å². The minimum absolute atomic E-state index is 0.331. The molecular formula is C14H27IOSi. The van der Waals surface area contributed by atoms with Crippen LogP contribution >= 0.6 is 22.6 Å². The van der Waals surface area contributed by atoms with Gasteiger partial charge >= 0.3 is 0 Å². The summed E-state index contributed by atoms with van der Waals surface area (Å²) in [7, 11) is -1.56. The molecule has 1 nitrogen and oxygen atoms in total. The highest BCUT2D eigenvalue weighted by molar-refractivity contribution is 14.1. The second kappa shape index (κ2) is 6.20. The predicted octanol–water partition coefficient (Wildman–Crippen LogP) is 5.03. The van der Waals surface area contributed by atoms with Gasteiger partial charge < -0.3 is 4.43 Å². The summed E-state index contributed by atoms with van der Waals surface area (Å²) < 4.78 is 7.62. The van der Waals surface area contributed by atoms with Gasteiger partial charge in [0.1, 0.15) is 0 Å². The van der Waals surface area contributed by atoms with Crippen molar-refractivity contribution in [3.8, 4) is 0 Å². The lowest BCUT2D eigenvalue weighted by molar-refractivity contribution is 0.186. The van der Waals surface area contributed by atoms with Crippen LogP contribution in [0.1, 0.15) is 33.6 Å². The summed E-state index contributed by atoms with van der Waals surface area (Å²) in [4.78, 5) is 0. The van der Waals surface area contributed by atoms with Gasteiger partial charge in [0.05, 0.1) is 0 Å². The molecule has 0 amide bonds. The van der Waals surface area contributed by atoms with Gasteiger partial charge in [-0.2, -0.15) is 0 Å². The van der Waals surface area contributed by atoms with E-state index in [4.69, 9.17) is 4.43 Å². The van der Waals surface area contributed by atoms with E-state index in [0.717, 1.165) is 18.4 Å². The maximum Gasteiger partial charge on any atom is 0.191 e. The summed E-state index contributed by atoms with van der Waals surface area (Å²) in [6.07, 6.45) is 7.13. The van der Waals surface area contributed by atoms with Crippen molar-refractivity contribution in [3.63, 3.8) is 0 Å². The molecular weight excluding hydrogens is 339 g/mol. The molecule has 0 saturated carbocycles. The van der Waals surface area contributed by atoms with Crippen molar-refractivity contribution in [2.75, 3.05) is 11.0 Å². The lowest BCUT2D eigenvalue weighted by atomic mass is 9.85. The molecule has 0 fully saturated rings. The molecule has 1 rings (SSSR count). The van der Waals surface area contributed by atoms with Crippen molar-refractivity contribution in [1.82, 2.24) is 0 Å². The van der Waals surface area contributed by atoms with Crippen LogP contribution in [0.3, 0.4) is 0 Å². The third-order valence-corrected chi connectivity index (χ3v) is 10.0. The Bertz CT molecular complexity index is 268. The molecule has 0 aliphatic heterocycles. The molecule has 1 aliphatic rings. The zero-order valence-corrected chi connectivity index (χ0v) is 15.1. The SMILES string of the molecule is CC(C)(C)[Si](C)(C)OC[C@H]1CC=CC[C@H]1CI. The Morgan fingerprint density at radius 2 is 1.71 bits per heavy atom. The monoisotopic (exact) mass is 366 g/mol. The smallest absolute Gasteiger partial charge is 0.191 e. The standard InChI is InChI=1S/C14H27IOSi/c1-14(2,3)17(4,5)16-11-13-9-7-6-8-12(13)10-15/h6-7,12-13H,8-11H2,1-5H3/t12-,13+/m0/s1. The first-order chi connectivity index (χ1) is 7.78. The zero-order chi connectivity index (χ0) is 13.1. The van der Waals surface area contributed by atoms with Gasteiger partial charge in [0.25, 0.3) is 0 Å². The van der Waals surface area contributed by atoms with Gasteiger partial charge in [-0.25, -0.2) is 0 Å². The minimum atomic E-state index is -1.56. The molecule has 0 unspecified atom stereocenters. The summed E-state index contributed by atoms with van der Waals surface area (Å²) in [5.74, 6) is 1.57. The molecule has 0 heterocycles. The van der Waals surface area contributed by atoms with E-state index in [2.05, 4.69) is 68.6 Å². The van der Waals surface area contributed by atoms with E-state index in [1.165, 1.54) is 17.3 Å². The molecule has 0 radical (unpaired) electrons. The van der Waals surface area contributed by atoms with Gasteiger partial charge in [-0.3, -0.25) is 0 Å². The van der Waals surface area contributed by atoms with Crippen molar-refractivity contribution in [2.45, 2.75) is 51.7 Å². The number of rotatable bonds is 4. The average Bonchev–Trinajstić information content (AvgIpc) is 2.25. The maximum absolute atomic E-state index is 6.37. The summed E-state index contributed by atoms with van der Waals surface area (Å²) in [6.45, 7) is 12.6. The summed E-state index contributed by atoms with van der Waals surface area (Å²) >= 11 is 2.52. The van der Waals surface area contributed by atoms with E-state index in [1.807, 2.05) is 0 Å². The Labute approximate surface area is 122 Å². The molecule has 0 saturated heterocycles. The van der Waals surface area contributed by atoms with E-state index in [9.17, 15) is 0 Å². The normalized spacial score (nSPS) is 26.2. The second-order valence-electron chi connectivity index (χ2n) is 6.69. The van der Waals surface area contributed by atoms with Crippen molar-refractivity contribution >= 4 is 30.9 Å². The highest BCUT2D eigenvalue weighted by Gasteiger charge is 2.38. The first-order valence-electron chi connectivity index (χ1n) is 6.63. The average molecular weight is 366 g/mol. The van der Waals surface area contributed by atoms with Crippen LogP contribution in [0.15, 0.2) is 12.2 Å². The van der Waals surface area contributed by atoms with Gasteiger partial charge in [-0.1, -0.05) is 55.5 Å². The van der Waals surface area contributed by atoms with E-state index >= 15 is 0 Å². The first kappa shape index (κ1) is 15.7. The maximum atomic E-state index is 6.37. The third kappa shape index (κ3) is 4.35. The van der Waals surface area contributed by atoms with E-state index in [1.54, 1.807) is 0 Å². The fraction of sp³-hybridized carbons (Fsp3) is 0.857. The summed E-state index contributed by atoms with van der Waals surface area (Å²) in [6, 6.07) is 0. The summed E-state index contributed by atoms with van der Waals surface area (Å²) in [5, 5.41) is 0.331. The Morgan fingerprint density at radius 1 is 1.18 bits per heavy atom. The number of alkyl halides is 1. The Hall–Kier alpha value is 0.647. The van der Waals surface area contributed by atoms with Gasteiger partial charge in [-0.15, -0.1) is 0 Å². The van der Waals surface area contributed by atoms with E-state index in [-0.39, 0.29) is 0 Å². The fourth-order valence-electron chi connectivity index (χ4n) is 1.85. The first-order valence-corrected chi connectivity index (χ1v) is 11.1. The van der Waals surface area contributed by atoms with Crippen LogP contribution in [0.4, 0.5) is 0 Å². The second-order valence-corrected chi connectivity index (χ2v) is 12.4. The zero-order valence-electron chi connectivity index (χ0n) is 11.9. The van der Waals surface area contributed by atoms with Crippen LogP contribution in [0.2, 0.25) is 18.1 Å². The summed E-state index contributed by atoms with van der Waals surface area (Å²) in [5.41, 5.74) is 0. The molecule has 0 aromatic rings. The molecule has 0 bridgehead atoms. The number of hydrogen-bond acceptors (Lipinski definition) is 1. The molecule has 0 aromatic heterocycles. The van der Waals surface area contributed by atoms with E-state index < -0.39 is 8.32 Å². The van der Waals surface area contributed by atoms with Gasteiger partial charge in [-0.05, 0) is 42.8 Å². The molecule has 3 heteroatoms. The number of hydrogen-bond donors (Lipinski definition) is 0. The Kier molecular flexibility index (Phi) is 5.72. The lowest BCUT2D eigenvalue weighted by Crippen LogP contribution is -2.42. The van der Waals surface area contributed by atoms with Crippen LogP contribution < -0.4 is 0 Å². The van der Waals surface area contributed by atoms with Gasteiger partial charge in [0, 0.05) is 11.0 Å². The largest absolute Gasteiger partial charge is 0.417 e.